The SMILES string of the molecule is CSc1ccccc1NC(=O)CCCC(=O)O. The van der Waals surface area contributed by atoms with Crippen LogP contribution in [0.25, 0.3) is 0 Å². The maximum absolute atomic E-state index is 11.5. The molecule has 2 N–H and O–H groups in total. The minimum atomic E-state index is -0.873. The Morgan fingerprint density at radius 2 is 2.00 bits per heavy atom. The van der Waals surface area contributed by atoms with E-state index in [0.29, 0.717) is 6.42 Å². The fraction of sp³-hybridized carbons (Fsp3) is 0.333. The maximum atomic E-state index is 11.5. The van der Waals surface area contributed by atoms with Crippen LogP contribution in [-0.4, -0.2) is 23.2 Å². The number of benzene rings is 1. The topological polar surface area (TPSA) is 66.4 Å². The summed E-state index contributed by atoms with van der Waals surface area (Å²) >= 11 is 1.56. The van der Waals surface area contributed by atoms with Crippen LogP contribution in [0.5, 0.6) is 0 Å². The molecule has 0 spiro atoms. The fourth-order valence-electron chi connectivity index (χ4n) is 1.36. The van der Waals surface area contributed by atoms with Crippen LogP contribution in [0, 0.1) is 0 Å². The summed E-state index contributed by atoms with van der Waals surface area (Å²) in [5.41, 5.74) is 0.778. The molecule has 0 saturated heterocycles. The maximum Gasteiger partial charge on any atom is 0.303 e. The lowest BCUT2D eigenvalue weighted by atomic mass is 10.2. The number of aliphatic carboxylic acids is 1. The number of amides is 1. The van der Waals surface area contributed by atoms with Gasteiger partial charge in [-0.05, 0) is 24.8 Å². The van der Waals surface area contributed by atoms with Crippen LogP contribution in [0.15, 0.2) is 29.2 Å². The third-order valence-electron chi connectivity index (χ3n) is 2.18. The van der Waals surface area contributed by atoms with Gasteiger partial charge in [-0.1, -0.05) is 12.1 Å². The molecule has 0 radical (unpaired) electrons. The van der Waals surface area contributed by atoms with Gasteiger partial charge in [0.15, 0.2) is 0 Å². The molecule has 4 nitrogen and oxygen atoms in total. The van der Waals surface area contributed by atoms with E-state index in [1.807, 2.05) is 30.5 Å². The Hall–Kier alpha value is -1.49. The first-order valence-corrected chi connectivity index (χ1v) is 6.50. The summed E-state index contributed by atoms with van der Waals surface area (Å²) < 4.78 is 0. The molecule has 5 heteroatoms. The lowest BCUT2D eigenvalue weighted by Gasteiger charge is -2.08. The molecule has 0 bridgehead atoms. The highest BCUT2D eigenvalue weighted by Gasteiger charge is 2.06. The van der Waals surface area contributed by atoms with Gasteiger partial charge in [0.2, 0.25) is 5.91 Å². The molecule has 92 valence electrons. The molecular formula is C12H15NO3S. The molecular weight excluding hydrogens is 238 g/mol. The number of hydrogen-bond acceptors (Lipinski definition) is 3. The molecule has 1 aromatic rings. The summed E-state index contributed by atoms with van der Waals surface area (Å²) in [5.74, 6) is -1.02. The standard InChI is InChI=1S/C12H15NO3S/c1-17-10-6-3-2-5-9(10)13-11(14)7-4-8-12(15)16/h2-3,5-6H,4,7-8H2,1H3,(H,13,14)(H,15,16). The average molecular weight is 253 g/mol. The highest BCUT2D eigenvalue weighted by molar-refractivity contribution is 7.98. The van der Waals surface area contributed by atoms with Gasteiger partial charge < -0.3 is 10.4 Å². The first kappa shape index (κ1) is 13.6. The summed E-state index contributed by atoms with van der Waals surface area (Å²) in [6.45, 7) is 0. The number of carboxylic acid groups (broad SMARTS) is 1. The van der Waals surface area contributed by atoms with Crippen molar-refractivity contribution >= 4 is 29.3 Å². The lowest BCUT2D eigenvalue weighted by Crippen LogP contribution is -2.12. The molecule has 17 heavy (non-hydrogen) atoms. The Balaban J connectivity index is 2.47. The molecule has 0 fully saturated rings. The zero-order valence-corrected chi connectivity index (χ0v) is 10.4. The van der Waals surface area contributed by atoms with Gasteiger partial charge in [0, 0.05) is 17.7 Å². The van der Waals surface area contributed by atoms with Crippen molar-refractivity contribution in [1.29, 1.82) is 0 Å². The predicted molar refractivity (Wildman–Crippen MR) is 68.3 cm³/mol. The molecule has 1 rings (SSSR count). The van der Waals surface area contributed by atoms with E-state index < -0.39 is 5.97 Å². The largest absolute Gasteiger partial charge is 0.481 e. The van der Waals surface area contributed by atoms with Gasteiger partial charge in [0.05, 0.1) is 5.69 Å². The molecule has 0 heterocycles. The summed E-state index contributed by atoms with van der Waals surface area (Å²) in [6, 6.07) is 7.52. The van der Waals surface area contributed by atoms with E-state index in [2.05, 4.69) is 5.32 Å². The molecule has 0 aliphatic heterocycles. The van der Waals surface area contributed by atoms with Crippen LogP contribution in [0.1, 0.15) is 19.3 Å². The van der Waals surface area contributed by atoms with Gasteiger partial charge in [-0.3, -0.25) is 9.59 Å². The van der Waals surface area contributed by atoms with Crippen LogP contribution < -0.4 is 5.32 Å². The summed E-state index contributed by atoms with van der Waals surface area (Å²) in [6.07, 6.45) is 2.56. The van der Waals surface area contributed by atoms with Crippen molar-refractivity contribution in [3.8, 4) is 0 Å². The number of thioether (sulfide) groups is 1. The van der Waals surface area contributed by atoms with Crippen LogP contribution >= 0.6 is 11.8 Å². The summed E-state index contributed by atoms with van der Waals surface area (Å²) in [7, 11) is 0. The normalized spacial score (nSPS) is 9.94. The first-order valence-electron chi connectivity index (χ1n) is 5.28. The van der Waals surface area contributed by atoms with Crippen LogP contribution in [0.4, 0.5) is 5.69 Å². The molecule has 0 aliphatic rings. The molecule has 1 amide bonds. The molecule has 0 saturated carbocycles. The second kappa shape index (κ2) is 6.96. The van der Waals surface area contributed by atoms with E-state index in [1.165, 1.54) is 0 Å². The van der Waals surface area contributed by atoms with Gasteiger partial charge in [0.25, 0.3) is 0 Å². The summed E-state index contributed by atoms with van der Waals surface area (Å²) in [4.78, 5) is 22.9. The van der Waals surface area contributed by atoms with Crippen LogP contribution in [0.3, 0.4) is 0 Å². The smallest absolute Gasteiger partial charge is 0.303 e. The van der Waals surface area contributed by atoms with Gasteiger partial charge in [-0.15, -0.1) is 11.8 Å². The van der Waals surface area contributed by atoms with Crippen LogP contribution in [0.2, 0.25) is 0 Å². The number of nitrogens with one attached hydrogen (secondary N) is 1. The van der Waals surface area contributed by atoms with Gasteiger partial charge >= 0.3 is 5.97 Å². The molecule has 1 aromatic carbocycles. The fourth-order valence-corrected chi connectivity index (χ4v) is 1.91. The number of hydrogen-bond donors (Lipinski definition) is 2. The molecule has 0 aliphatic carbocycles. The van der Waals surface area contributed by atoms with Gasteiger partial charge in [-0.2, -0.15) is 0 Å². The van der Waals surface area contributed by atoms with Crippen molar-refractivity contribution in [1.82, 2.24) is 0 Å². The monoisotopic (exact) mass is 253 g/mol. The highest BCUT2D eigenvalue weighted by atomic mass is 32.2. The highest BCUT2D eigenvalue weighted by Crippen LogP contribution is 2.24. The Labute approximate surface area is 104 Å². The Morgan fingerprint density at radius 3 is 2.65 bits per heavy atom. The predicted octanol–water partition coefficient (Wildman–Crippen LogP) is 2.60. The lowest BCUT2D eigenvalue weighted by molar-refractivity contribution is -0.137. The Kier molecular flexibility index (Phi) is 5.56. The summed E-state index contributed by atoms with van der Waals surface area (Å²) in [5, 5.41) is 11.2. The van der Waals surface area contributed by atoms with Crippen LogP contribution in [-0.2, 0) is 9.59 Å². The first-order chi connectivity index (χ1) is 8.13. The van der Waals surface area contributed by atoms with E-state index in [9.17, 15) is 9.59 Å². The Bertz CT molecular complexity index is 406. The molecule has 0 unspecified atom stereocenters. The average Bonchev–Trinajstić information content (AvgIpc) is 2.29. The third kappa shape index (κ3) is 4.91. The molecule has 0 aromatic heterocycles. The number of para-hydroxylation sites is 1. The number of carbonyl (C=O) groups is 2. The number of carbonyl (C=O) groups excluding carboxylic acids is 1. The Morgan fingerprint density at radius 1 is 1.29 bits per heavy atom. The zero-order chi connectivity index (χ0) is 12.7. The van der Waals surface area contributed by atoms with Gasteiger partial charge in [-0.25, -0.2) is 0 Å². The number of rotatable bonds is 6. The van der Waals surface area contributed by atoms with E-state index in [-0.39, 0.29) is 18.7 Å². The number of carboxylic acids is 1. The third-order valence-corrected chi connectivity index (χ3v) is 2.97. The molecule has 0 atom stereocenters. The van der Waals surface area contributed by atoms with Gasteiger partial charge in [0.1, 0.15) is 0 Å². The van der Waals surface area contributed by atoms with Crippen molar-refractivity contribution < 1.29 is 14.7 Å². The van der Waals surface area contributed by atoms with E-state index in [1.54, 1.807) is 11.8 Å². The minimum Gasteiger partial charge on any atom is -0.481 e. The van der Waals surface area contributed by atoms with Crippen molar-refractivity contribution in [2.24, 2.45) is 0 Å². The van der Waals surface area contributed by atoms with E-state index in [4.69, 9.17) is 5.11 Å². The minimum absolute atomic E-state index is 0.0254. The second-order valence-electron chi connectivity index (χ2n) is 3.50. The van der Waals surface area contributed by atoms with Crippen molar-refractivity contribution in [2.75, 3.05) is 11.6 Å². The van der Waals surface area contributed by atoms with Crippen molar-refractivity contribution in [3.63, 3.8) is 0 Å². The van der Waals surface area contributed by atoms with Crippen molar-refractivity contribution in [2.45, 2.75) is 24.2 Å². The van der Waals surface area contributed by atoms with E-state index in [0.717, 1.165) is 10.6 Å². The van der Waals surface area contributed by atoms with Crippen molar-refractivity contribution in [3.05, 3.63) is 24.3 Å². The second-order valence-corrected chi connectivity index (χ2v) is 4.34. The number of anilines is 1. The zero-order valence-electron chi connectivity index (χ0n) is 9.60. The quantitative estimate of drug-likeness (QED) is 0.765. The van der Waals surface area contributed by atoms with E-state index >= 15 is 0 Å².